The van der Waals surface area contributed by atoms with Gasteiger partial charge >= 0.3 is 0 Å². The molecule has 8 saturated heterocycles. The zero-order chi connectivity index (χ0) is 74.5. The van der Waals surface area contributed by atoms with Gasteiger partial charge in [-0.25, -0.2) is 0 Å². The monoisotopic (exact) mass is 1480 g/mol. The number of nitrogens with one attached hydrogen (secondary N) is 4. The summed E-state index contributed by atoms with van der Waals surface area (Å²) in [5.74, 6) is -3.23. The first-order chi connectivity index (χ1) is 47.8. The van der Waals surface area contributed by atoms with Crippen molar-refractivity contribution >= 4 is 23.6 Å². The van der Waals surface area contributed by atoms with Crippen LogP contribution >= 0.6 is 0 Å². The van der Waals surface area contributed by atoms with Gasteiger partial charge in [-0.05, 0) is 6.92 Å². The number of aliphatic hydroxyl groups excluding tert-OH is 21. The molecule has 0 aliphatic carbocycles. The first kappa shape index (κ1) is 83.1. The van der Waals surface area contributed by atoms with Crippen LogP contribution in [0, 0.1) is 0 Å². The summed E-state index contributed by atoms with van der Waals surface area (Å²) in [6.45, 7) is -2.66. The van der Waals surface area contributed by atoms with Crippen LogP contribution in [-0.2, 0) is 90.2 Å². The lowest BCUT2D eigenvalue weighted by Gasteiger charge is -2.51. The predicted molar refractivity (Wildman–Crippen MR) is 314 cm³/mol. The molecule has 8 aliphatic rings. The first-order valence-corrected chi connectivity index (χ1v) is 32.4. The minimum Gasteiger partial charge on any atom is -0.394 e. The highest BCUT2D eigenvalue weighted by molar-refractivity contribution is 5.74. The van der Waals surface area contributed by atoms with Crippen molar-refractivity contribution in [3.8, 4) is 0 Å². The van der Waals surface area contributed by atoms with Gasteiger partial charge in [0.15, 0.2) is 44.0 Å². The van der Waals surface area contributed by atoms with E-state index >= 15 is 0 Å². The maximum Gasteiger partial charge on any atom is 0.217 e. The fraction of sp³-hybridized carbons (Fsp3) is 0.930. The van der Waals surface area contributed by atoms with Crippen LogP contribution in [0.2, 0.25) is 0 Å². The van der Waals surface area contributed by atoms with Gasteiger partial charge in [0.2, 0.25) is 23.6 Å². The Hall–Kier alpha value is -3.56. The lowest BCUT2D eigenvalue weighted by molar-refractivity contribution is -0.398. The Kier molecular flexibility index (Phi) is 29.9. The Morgan fingerprint density at radius 2 is 0.554 bits per heavy atom. The summed E-state index contributed by atoms with van der Waals surface area (Å²) in [6.07, 6.45) is -71.3. The number of rotatable bonds is 26. The van der Waals surface area contributed by atoms with E-state index < -0.39 is 322 Å². The fourth-order valence-electron chi connectivity index (χ4n) is 13.2. The second-order valence-electron chi connectivity index (χ2n) is 25.7. The smallest absolute Gasteiger partial charge is 0.217 e. The van der Waals surface area contributed by atoms with E-state index in [2.05, 4.69) is 21.3 Å². The molecule has 8 heterocycles. The quantitative estimate of drug-likeness (QED) is 0.0382. The number of hydrogen-bond acceptors (Lipinski definition) is 40. The third-order valence-corrected chi connectivity index (χ3v) is 18.5. The number of carbonyl (C=O) groups excluding carboxylic acids is 4. The Bertz CT molecular complexity index is 2640. The van der Waals surface area contributed by atoms with E-state index in [0.717, 1.165) is 27.7 Å². The summed E-state index contributed by atoms with van der Waals surface area (Å²) in [5, 5.41) is 242. The third kappa shape index (κ3) is 18.5. The largest absolute Gasteiger partial charge is 0.394 e. The second-order valence-corrected chi connectivity index (χ2v) is 25.7. The van der Waals surface area contributed by atoms with E-state index in [-0.39, 0.29) is 0 Å². The molecular formula is C57H96N4O40. The molecule has 0 radical (unpaired) electrons. The number of carbonyl (C=O) groups is 4. The normalized spacial score (nSPS) is 48.3. The van der Waals surface area contributed by atoms with Crippen molar-refractivity contribution in [3.63, 3.8) is 0 Å². The minimum atomic E-state index is -2.50. The number of aliphatic hydroxyl groups is 21. The Morgan fingerprint density at radius 3 is 0.980 bits per heavy atom. The van der Waals surface area contributed by atoms with E-state index in [1.165, 1.54) is 6.92 Å². The highest BCUT2D eigenvalue weighted by Crippen LogP contribution is 2.39. The van der Waals surface area contributed by atoms with Gasteiger partial charge in [0.25, 0.3) is 0 Å². The molecule has 25 N–H and O–H groups in total. The molecule has 0 saturated carbocycles. The molecule has 0 aromatic carbocycles. The summed E-state index contributed by atoms with van der Waals surface area (Å²) in [5.41, 5.74) is 0. The van der Waals surface area contributed by atoms with Crippen LogP contribution in [0.1, 0.15) is 34.6 Å². The molecule has 16 unspecified atom stereocenters. The zero-order valence-electron chi connectivity index (χ0n) is 54.9. The van der Waals surface area contributed by atoms with Crippen molar-refractivity contribution in [2.45, 2.75) is 280 Å². The van der Waals surface area contributed by atoms with Crippen LogP contribution in [0.5, 0.6) is 0 Å². The Balaban J connectivity index is 1.14. The SMILES string of the molecule is CC(=O)NC1C(O)[C@H](O)[C@H](CO)O[C@H]1O[C@@H]1C(O)[C@H](O)C(CO)O[C@@H]1OCC1O[C@@H](O[C@@H]2C(CO)O[C@@H](O[C@@H]3C(CO)O[C@@H](C)C(NC(C)=O)[C@H]3O)[C@@H](NC(C)=O)C2O)[C@H](O)C(O[C@H]2O[C@H](CO)[C@@H](O)C(O)C2O[C@@H]2OC(CO)[C@@H](O[C@@H]3OC(CO)[C@H](O)C(O)[C@@H]3O)C(O)[C@@H]2NC(C)=O)[C@@H]1O. The molecule has 44 nitrogen and oxygen atoms in total. The molecule has 40 atom stereocenters. The molecular weight excluding hydrogens is 1380 g/mol. The molecule has 584 valence electrons. The van der Waals surface area contributed by atoms with Crippen LogP contribution in [0.3, 0.4) is 0 Å². The average Bonchev–Trinajstić information content (AvgIpc) is 0.777. The summed E-state index contributed by atoms with van der Waals surface area (Å²) in [7, 11) is 0. The van der Waals surface area contributed by atoms with Crippen molar-refractivity contribution in [3.05, 3.63) is 0 Å². The standard InChI is InChI=1S/C57H96N4O40/c1-14-27(58-15(2)69)37(79)45(23(10-66)88-14)96-52-29(60-17(4)71)38(80)47(25(12-68)93-52)98-55-44(86)48(35(77)26(95-55)13-87-56-49(41(83)33(75)21(8-64)91-56)100-51-28(59-16(3)70)36(78)31(73)19(6-62)89-51)99-57-50(42(84)34(76)22(9-65)92-57)101-53-30(61-18(5)72)39(81)46(24(11-67)94-53)97-54-43(85)40(82)32(74)20(7-63)90-54/h14,19-57,62-68,73-86H,6-13H2,1-5H3,(H,58,69)(H,59,70)(H,60,71)(H,61,72)/t14-,19-,20?,21?,22+,23?,24?,25?,26?,27?,28?,29-,30-,31+,32-,33+,34+,35+,36?,37+,38?,39?,40?,41?,42?,43-,44+,45+,46+,47+,48?,49+,50?,51-,52-,53-,54-,55-,56-,57+/m0/s1. The minimum absolute atomic E-state index is 0.610. The topological polar surface area (TPSA) is 680 Å². The first-order valence-electron chi connectivity index (χ1n) is 32.4. The fourth-order valence-corrected chi connectivity index (χ4v) is 13.2. The molecule has 0 aromatic heterocycles. The molecule has 0 bridgehead atoms. The van der Waals surface area contributed by atoms with Gasteiger partial charge in [0, 0.05) is 27.7 Å². The van der Waals surface area contributed by atoms with Gasteiger partial charge in [0.1, 0.15) is 189 Å². The summed E-state index contributed by atoms with van der Waals surface area (Å²) in [6, 6.07) is -6.61. The average molecular weight is 1480 g/mol. The Labute approximate surface area is 573 Å². The van der Waals surface area contributed by atoms with Crippen molar-refractivity contribution in [1.29, 1.82) is 0 Å². The van der Waals surface area contributed by atoms with E-state index in [1.54, 1.807) is 0 Å². The molecule has 4 amide bonds. The van der Waals surface area contributed by atoms with Crippen molar-refractivity contribution in [2.75, 3.05) is 52.9 Å². The third-order valence-electron chi connectivity index (χ3n) is 18.5. The van der Waals surface area contributed by atoms with Gasteiger partial charge < -0.3 is 200 Å². The van der Waals surface area contributed by atoms with E-state index in [1.807, 2.05) is 0 Å². The van der Waals surface area contributed by atoms with Crippen LogP contribution in [-0.4, -0.2) is 429 Å². The van der Waals surface area contributed by atoms with Gasteiger partial charge in [-0.1, -0.05) is 0 Å². The van der Waals surface area contributed by atoms with Crippen molar-refractivity contribution in [2.24, 2.45) is 0 Å². The van der Waals surface area contributed by atoms with Crippen LogP contribution in [0.4, 0.5) is 0 Å². The number of ether oxygens (including phenoxy) is 15. The zero-order valence-corrected chi connectivity index (χ0v) is 54.9. The molecule has 0 spiro atoms. The molecule has 8 rings (SSSR count). The van der Waals surface area contributed by atoms with Gasteiger partial charge in [-0.2, -0.15) is 0 Å². The molecule has 101 heavy (non-hydrogen) atoms. The van der Waals surface area contributed by atoms with Crippen molar-refractivity contribution < 1.29 is 197 Å². The van der Waals surface area contributed by atoms with Gasteiger partial charge in [-0.15, -0.1) is 0 Å². The molecule has 8 aliphatic heterocycles. The highest BCUT2D eigenvalue weighted by Gasteiger charge is 2.60. The number of amides is 4. The summed E-state index contributed by atoms with van der Waals surface area (Å²) >= 11 is 0. The van der Waals surface area contributed by atoms with E-state index in [0.29, 0.717) is 0 Å². The van der Waals surface area contributed by atoms with Crippen LogP contribution in [0.25, 0.3) is 0 Å². The van der Waals surface area contributed by atoms with Crippen LogP contribution < -0.4 is 21.3 Å². The molecule has 0 aromatic rings. The number of hydrogen-bond donors (Lipinski definition) is 25. The van der Waals surface area contributed by atoms with E-state index in [4.69, 9.17) is 71.1 Å². The maximum atomic E-state index is 12.9. The van der Waals surface area contributed by atoms with E-state index in [9.17, 15) is 126 Å². The summed E-state index contributed by atoms with van der Waals surface area (Å²) in [4.78, 5) is 50.4. The predicted octanol–water partition coefficient (Wildman–Crippen LogP) is -16.8. The van der Waals surface area contributed by atoms with Gasteiger partial charge in [-0.3, -0.25) is 19.2 Å². The van der Waals surface area contributed by atoms with Crippen molar-refractivity contribution in [1.82, 2.24) is 21.3 Å². The van der Waals surface area contributed by atoms with Gasteiger partial charge in [0.05, 0.1) is 65.0 Å². The lowest BCUT2D eigenvalue weighted by Crippen LogP contribution is -2.71. The second kappa shape index (κ2) is 36.4. The summed E-state index contributed by atoms with van der Waals surface area (Å²) < 4.78 is 89.4. The Morgan fingerprint density at radius 1 is 0.267 bits per heavy atom. The van der Waals surface area contributed by atoms with Crippen LogP contribution in [0.15, 0.2) is 0 Å². The molecule has 8 fully saturated rings. The maximum absolute atomic E-state index is 12.9. The highest BCUT2D eigenvalue weighted by atomic mass is 16.8. The molecule has 44 heteroatoms. The lowest BCUT2D eigenvalue weighted by atomic mass is 9.92.